The van der Waals surface area contributed by atoms with Crippen LogP contribution in [-0.4, -0.2) is 52.0 Å². The number of aryl methyl sites for hydroxylation is 2. The van der Waals surface area contributed by atoms with Crippen LogP contribution in [0.3, 0.4) is 0 Å². The molecule has 0 saturated heterocycles. The number of hydrogen-bond acceptors (Lipinski definition) is 6. The molecule has 2 aromatic rings. The van der Waals surface area contributed by atoms with Crippen LogP contribution in [0.15, 0.2) is 42.5 Å². The molecule has 0 spiro atoms. The molecule has 10 nitrogen and oxygen atoms in total. The fourth-order valence-electron chi connectivity index (χ4n) is 4.54. The molecule has 0 aliphatic carbocycles. The van der Waals surface area contributed by atoms with Gasteiger partial charge >= 0.3 is 6.09 Å². The van der Waals surface area contributed by atoms with Crippen LogP contribution in [-0.2, 0) is 19.1 Å². The van der Waals surface area contributed by atoms with Gasteiger partial charge in [-0.1, -0.05) is 62.6 Å². The molecule has 0 aliphatic rings. The summed E-state index contributed by atoms with van der Waals surface area (Å²) in [5, 5.41) is 16.6. The summed E-state index contributed by atoms with van der Waals surface area (Å²) < 4.78 is 5.38. The molecular formula is C32H46N4O6. The Kier molecular flexibility index (Phi) is 12.8. The summed E-state index contributed by atoms with van der Waals surface area (Å²) in [5.41, 5.74) is 6.74. The number of carbonyl (C=O) groups excluding carboxylic acids is 4. The minimum atomic E-state index is -1.24. The van der Waals surface area contributed by atoms with E-state index in [4.69, 9.17) is 10.5 Å². The molecule has 4 amide bonds. The fourth-order valence-corrected chi connectivity index (χ4v) is 4.54. The number of nitrogens with one attached hydrogen (secondary N) is 2. The molecule has 2 atom stereocenters. The molecule has 5 N–H and O–H groups in total. The van der Waals surface area contributed by atoms with Crippen molar-refractivity contribution < 1.29 is 29.0 Å². The van der Waals surface area contributed by atoms with Crippen LogP contribution in [0.2, 0.25) is 0 Å². The number of hydrogen-bond donors (Lipinski definition) is 4. The first-order chi connectivity index (χ1) is 19.7. The van der Waals surface area contributed by atoms with Gasteiger partial charge in [-0.05, 0) is 64.7 Å². The number of rotatable bonds is 14. The van der Waals surface area contributed by atoms with Crippen molar-refractivity contribution in [3.63, 3.8) is 0 Å². The van der Waals surface area contributed by atoms with Gasteiger partial charge < -0.3 is 31.1 Å². The molecule has 0 radical (unpaired) electrons. The Bertz CT molecular complexity index is 1240. The summed E-state index contributed by atoms with van der Waals surface area (Å²) in [5.74, 6) is -1.87. The standard InChI is InChI=1S/C32H46N4O6/c1-7-8-9-12-20-36(30(40)25(18-19-26(33)37)35-31(41)42-32(4,5)6)27(23-16-13-15-22(3)28(23)38)29(39)34-24-17-11-10-14-21(24)2/h10-11,13-17,25,27,38H,7-9,12,18-20H2,1-6H3,(H2,33,37)(H,34,39)(H,35,41). The highest BCUT2D eigenvalue weighted by molar-refractivity contribution is 6.00. The predicted octanol–water partition coefficient (Wildman–Crippen LogP) is 5.26. The van der Waals surface area contributed by atoms with Crippen molar-refractivity contribution in [1.82, 2.24) is 10.2 Å². The second-order valence-electron chi connectivity index (χ2n) is 11.5. The van der Waals surface area contributed by atoms with Crippen LogP contribution in [0.4, 0.5) is 10.5 Å². The lowest BCUT2D eigenvalue weighted by molar-refractivity contribution is -0.141. The van der Waals surface area contributed by atoms with Gasteiger partial charge in [-0.25, -0.2) is 4.79 Å². The SMILES string of the molecule is CCCCCCN(C(=O)C(CCC(N)=O)NC(=O)OC(C)(C)C)C(C(=O)Nc1ccccc1C)c1cccc(C)c1O. The Morgan fingerprint density at radius 3 is 2.26 bits per heavy atom. The molecule has 0 bridgehead atoms. The van der Waals surface area contributed by atoms with Gasteiger partial charge in [0.15, 0.2) is 0 Å². The van der Waals surface area contributed by atoms with Gasteiger partial charge in [0.1, 0.15) is 23.4 Å². The number of alkyl carbamates (subject to hydrolysis) is 1. The van der Waals surface area contributed by atoms with E-state index in [1.807, 2.05) is 19.1 Å². The maximum atomic E-state index is 14.3. The third-order valence-corrected chi connectivity index (χ3v) is 6.73. The number of benzene rings is 2. The van der Waals surface area contributed by atoms with E-state index in [-0.39, 0.29) is 30.7 Å². The molecule has 0 saturated carbocycles. The number of carbonyl (C=O) groups is 4. The Morgan fingerprint density at radius 2 is 1.64 bits per heavy atom. The Hall–Kier alpha value is -4.08. The summed E-state index contributed by atoms with van der Waals surface area (Å²) in [6.45, 7) is 10.9. The minimum absolute atomic E-state index is 0.0925. The number of primary amides is 1. The Morgan fingerprint density at radius 1 is 0.976 bits per heavy atom. The smallest absolute Gasteiger partial charge is 0.408 e. The first-order valence-electron chi connectivity index (χ1n) is 14.5. The van der Waals surface area contributed by atoms with E-state index in [1.165, 1.54) is 4.90 Å². The lowest BCUT2D eigenvalue weighted by atomic mass is 9.98. The summed E-state index contributed by atoms with van der Waals surface area (Å²) in [7, 11) is 0. The largest absolute Gasteiger partial charge is 0.507 e. The second kappa shape index (κ2) is 15.8. The zero-order chi connectivity index (χ0) is 31.4. The van der Waals surface area contributed by atoms with E-state index < -0.39 is 41.5 Å². The van der Waals surface area contributed by atoms with E-state index in [9.17, 15) is 24.3 Å². The summed E-state index contributed by atoms with van der Waals surface area (Å²) in [6, 6.07) is 9.83. The number of phenolic OH excluding ortho intramolecular Hbond substituents is 1. The average Bonchev–Trinajstić information content (AvgIpc) is 2.90. The highest BCUT2D eigenvalue weighted by atomic mass is 16.6. The topological polar surface area (TPSA) is 151 Å². The van der Waals surface area contributed by atoms with Crippen molar-refractivity contribution in [3.8, 4) is 5.75 Å². The van der Waals surface area contributed by atoms with Gasteiger partial charge in [0.25, 0.3) is 5.91 Å². The second-order valence-corrected chi connectivity index (χ2v) is 11.5. The number of ether oxygens (including phenoxy) is 1. The van der Waals surface area contributed by atoms with Crippen molar-refractivity contribution >= 4 is 29.5 Å². The predicted molar refractivity (Wildman–Crippen MR) is 163 cm³/mol. The Balaban J connectivity index is 2.62. The molecule has 0 aliphatic heterocycles. The van der Waals surface area contributed by atoms with E-state index in [0.29, 0.717) is 17.7 Å². The molecular weight excluding hydrogens is 536 g/mol. The van der Waals surface area contributed by atoms with Gasteiger partial charge in [-0.15, -0.1) is 0 Å². The number of anilines is 1. The highest BCUT2D eigenvalue weighted by Gasteiger charge is 2.37. The van der Waals surface area contributed by atoms with Crippen LogP contribution in [0.5, 0.6) is 5.75 Å². The first-order valence-corrected chi connectivity index (χ1v) is 14.5. The van der Waals surface area contributed by atoms with Gasteiger partial charge in [-0.3, -0.25) is 14.4 Å². The van der Waals surface area contributed by atoms with Crippen LogP contribution in [0.1, 0.15) is 89.0 Å². The average molecular weight is 583 g/mol. The molecule has 0 aromatic heterocycles. The number of nitrogens with two attached hydrogens (primary N) is 1. The summed E-state index contributed by atoms with van der Waals surface area (Å²) >= 11 is 0. The number of para-hydroxylation sites is 2. The van der Waals surface area contributed by atoms with Crippen LogP contribution in [0, 0.1) is 13.8 Å². The van der Waals surface area contributed by atoms with E-state index in [2.05, 4.69) is 17.6 Å². The molecule has 2 aromatic carbocycles. The van der Waals surface area contributed by atoms with Gasteiger partial charge in [0, 0.05) is 24.2 Å². The third kappa shape index (κ3) is 10.4. The lowest BCUT2D eigenvalue weighted by Crippen LogP contribution is -2.53. The Labute approximate surface area is 249 Å². The van der Waals surface area contributed by atoms with Crippen molar-refractivity contribution in [2.24, 2.45) is 5.73 Å². The third-order valence-electron chi connectivity index (χ3n) is 6.73. The van der Waals surface area contributed by atoms with Crippen molar-refractivity contribution in [2.75, 3.05) is 11.9 Å². The zero-order valence-corrected chi connectivity index (χ0v) is 25.7. The van der Waals surface area contributed by atoms with E-state index in [0.717, 1.165) is 24.8 Å². The normalized spacial score (nSPS) is 12.6. The molecule has 42 heavy (non-hydrogen) atoms. The number of nitrogens with zero attached hydrogens (tertiary/aromatic N) is 1. The lowest BCUT2D eigenvalue weighted by Gasteiger charge is -2.35. The molecule has 10 heteroatoms. The van der Waals surface area contributed by atoms with Gasteiger partial charge in [-0.2, -0.15) is 0 Å². The quantitative estimate of drug-likeness (QED) is 0.223. The maximum absolute atomic E-state index is 14.3. The van der Waals surface area contributed by atoms with Gasteiger partial charge in [0.2, 0.25) is 11.8 Å². The molecule has 0 heterocycles. The van der Waals surface area contributed by atoms with Crippen molar-refractivity contribution in [2.45, 2.75) is 97.8 Å². The first kappa shape index (κ1) is 34.1. The number of amides is 4. The molecule has 2 unspecified atom stereocenters. The number of unbranched alkanes of at least 4 members (excludes halogenated alkanes) is 3. The zero-order valence-electron chi connectivity index (χ0n) is 25.7. The van der Waals surface area contributed by atoms with Crippen LogP contribution < -0.4 is 16.4 Å². The van der Waals surface area contributed by atoms with Crippen molar-refractivity contribution in [1.29, 1.82) is 0 Å². The van der Waals surface area contributed by atoms with Gasteiger partial charge in [0.05, 0.1) is 0 Å². The number of aromatic hydroxyl groups is 1. The van der Waals surface area contributed by atoms with Crippen LogP contribution in [0.25, 0.3) is 0 Å². The summed E-state index contributed by atoms with van der Waals surface area (Å²) in [6.07, 6.45) is 2.17. The maximum Gasteiger partial charge on any atom is 0.408 e. The molecule has 0 fully saturated rings. The summed E-state index contributed by atoms with van der Waals surface area (Å²) in [4.78, 5) is 54.2. The van der Waals surface area contributed by atoms with E-state index >= 15 is 0 Å². The minimum Gasteiger partial charge on any atom is -0.507 e. The molecule has 2 rings (SSSR count). The molecule has 230 valence electrons. The fraction of sp³-hybridized carbons (Fsp3) is 0.500. The van der Waals surface area contributed by atoms with Crippen molar-refractivity contribution in [3.05, 3.63) is 59.2 Å². The number of phenols is 1. The highest BCUT2D eigenvalue weighted by Crippen LogP contribution is 2.34. The van der Waals surface area contributed by atoms with E-state index in [1.54, 1.807) is 58.0 Å². The van der Waals surface area contributed by atoms with Crippen LogP contribution >= 0.6 is 0 Å². The monoisotopic (exact) mass is 582 g/mol.